The standard InChI is InChI=1S/C24H19NO3S2/c1-27-20-13-12-18(14-21(20)28-16-17-8-4-2-5-9-17)15-22-23(26)25(24(29)30-22)19-10-6-3-7-11-19/h2-15H,16H2,1H3/b22-15+. The van der Waals surface area contributed by atoms with Crippen molar-refractivity contribution in [1.29, 1.82) is 0 Å². The van der Waals surface area contributed by atoms with E-state index in [1.165, 1.54) is 11.8 Å². The summed E-state index contributed by atoms with van der Waals surface area (Å²) >= 11 is 6.73. The van der Waals surface area contributed by atoms with E-state index in [1.807, 2.05) is 84.9 Å². The number of thiocarbonyl (C=S) groups is 1. The highest BCUT2D eigenvalue weighted by atomic mass is 32.2. The second-order valence-corrected chi connectivity index (χ2v) is 8.21. The first-order valence-electron chi connectivity index (χ1n) is 9.33. The van der Waals surface area contributed by atoms with Gasteiger partial charge < -0.3 is 9.47 Å². The lowest BCUT2D eigenvalue weighted by molar-refractivity contribution is -0.113. The van der Waals surface area contributed by atoms with Crippen LogP contribution in [0.25, 0.3) is 6.08 Å². The van der Waals surface area contributed by atoms with E-state index in [4.69, 9.17) is 21.7 Å². The van der Waals surface area contributed by atoms with Crippen molar-refractivity contribution < 1.29 is 14.3 Å². The Morgan fingerprint density at radius 1 is 0.967 bits per heavy atom. The summed E-state index contributed by atoms with van der Waals surface area (Å²) < 4.78 is 11.9. The Morgan fingerprint density at radius 2 is 1.67 bits per heavy atom. The summed E-state index contributed by atoms with van der Waals surface area (Å²) in [6.45, 7) is 0.427. The molecule has 0 bridgehead atoms. The van der Waals surface area contributed by atoms with Gasteiger partial charge in [-0.15, -0.1) is 0 Å². The fourth-order valence-electron chi connectivity index (χ4n) is 3.05. The first kappa shape index (κ1) is 20.2. The summed E-state index contributed by atoms with van der Waals surface area (Å²) in [6, 6.07) is 25.0. The lowest BCUT2D eigenvalue weighted by Crippen LogP contribution is -2.27. The lowest BCUT2D eigenvalue weighted by Gasteiger charge is -2.14. The number of para-hydroxylation sites is 1. The van der Waals surface area contributed by atoms with Gasteiger partial charge in [0.2, 0.25) is 0 Å². The Balaban J connectivity index is 1.57. The lowest BCUT2D eigenvalue weighted by atomic mass is 10.1. The Labute approximate surface area is 185 Å². The maximum Gasteiger partial charge on any atom is 0.270 e. The third kappa shape index (κ3) is 4.40. The molecular weight excluding hydrogens is 414 g/mol. The van der Waals surface area contributed by atoms with Crippen LogP contribution in [0.1, 0.15) is 11.1 Å². The van der Waals surface area contributed by atoms with Gasteiger partial charge >= 0.3 is 0 Å². The molecule has 0 aliphatic carbocycles. The minimum Gasteiger partial charge on any atom is -0.493 e. The molecule has 1 aliphatic heterocycles. The SMILES string of the molecule is COc1ccc(/C=C2/SC(=S)N(c3ccccc3)C2=O)cc1OCc1ccccc1. The highest BCUT2D eigenvalue weighted by Crippen LogP contribution is 2.37. The average Bonchev–Trinajstić information content (AvgIpc) is 3.06. The van der Waals surface area contributed by atoms with Crippen molar-refractivity contribution in [2.45, 2.75) is 6.61 Å². The first-order chi connectivity index (χ1) is 14.7. The molecule has 6 heteroatoms. The van der Waals surface area contributed by atoms with Gasteiger partial charge in [0, 0.05) is 0 Å². The zero-order valence-electron chi connectivity index (χ0n) is 16.3. The van der Waals surface area contributed by atoms with Crippen molar-refractivity contribution in [3.8, 4) is 11.5 Å². The van der Waals surface area contributed by atoms with Crippen molar-refractivity contribution in [2.24, 2.45) is 0 Å². The Morgan fingerprint density at radius 3 is 2.37 bits per heavy atom. The molecular formula is C24H19NO3S2. The van der Waals surface area contributed by atoms with Gasteiger partial charge in [-0.1, -0.05) is 78.6 Å². The number of carbonyl (C=O) groups excluding carboxylic acids is 1. The van der Waals surface area contributed by atoms with Crippen LogP contribution >= 0.6 is 24.0 Å². The number of benzene rings is 3. The second-order valence-electron chi connectivity index (χ2n) is 6.54. The van der Waals surface area contributed by atoms with E-state index in [-0.39, 0.29) is 5.91 Å². The number of thioether (sulfide) groups is 1. The van der Waals surface area contributed by atoms with Crippen molar-refractivity contribution in [2.75, 3.05) is 12.0 Å². The molecule has 0 aromatic heterocycles. The molecule has 1 saturated heterocycles. The maximum atomic E-state index is 12.9. The number of ether oxygens (including phenoxy) is 2. The highest BCUT2D eigenvalue weighted by Gasteiger charge is 2.33. The maximum absolute atomic E-state index is 12.9. The molecule has 1 aliphatic rings. The molecule has 1 heterocycles. The van der Waals surface area contributed by atoms with E-state index in [0.29, 0.717) is 27.3 Å². The number of methoxy groups -OCH3 is 1. The molecule has 0 N–H and O–H groups in total. The number of amides is 1. The molecule has 150 valence electrons. The normalized spacial score (nSPS) is 15.0. The summed E-state index contributed by atoms with van der Waals surface area (Å²) in [7, 11) is 1.61. The van der Waals surface area contributed by atoms with Crippen molar-refractivity contribution in [1.82, 2.24) is 0 Å². The van der Waals surface area contributed by atoms with Crippen LogP contribution in [0.4, 0.5) is 5.69 Å². The van der Waals surface area contributed by atoms with Gasteiger partial charge in [-0.05, 0) is 41.5 Å². The van der Waals surface area contributed by atoms with E-state index in [0.717, 1.165) is 16.8 Å². The van der Waals surface area contributed by atoms with Gasteiger partial charge in [-0.2, -0.15) is 0 Å². The van der Waals surface area contributed by atoms with Crippen LogP contribution in [0.5, 0.6) is 11.5 Å². The van der Waals surface area contributed by atoms with Crippen LogP contribution in [0, 0.1) is 0 Å². The molecule has 4 nitrogen and oxygen atoms in total. The number of hydrogen-bond donors (Lipinski definition) is 0. The summed E-state index contributed by atoms with van der Waals surface area (Å²) in [5.74, 6) is 1.13. The molecule has 0 radical (unpaired) electrons. The molecule has 0 unspecified atom stereocenters. The number of anilines is 1. The topological polar surface area (TPSA) is 38.8 Å². The molecule has 1 fully saturated rings. The smallest absolute Gasteiger partial charge is 0.270 e. The van der Waals surface area contributed by atoms with Gasteiger partial charge in [0.1, 0.15) is 6.61 Å². The van der Waals surface area contributed by atoms with Crippen LogP contribution in [0.3, 0.4) is 0 Å². The van der Waals surface area contributed by atoms with E-state index in [2.05, 4.69) is 0 Å². The summed E-state index contributed by atoms with van der Waals surface area (Å²) in [5.41, 5.74) is 2.67. The summed E-state index contributed by atoms with van der Waals surface area (Å²) in [4.78, 5) is 15.1. The molecule has 4 rings (SSSR count). The predicted octanol–water partition coefficient (Wildman–Crippen LogP) is 5.68. The summed E-state index contributed by atoms with van der Waals surface area (Å²) in [6.07, 6.45) is 1.83. The number of hydrogen-bond acceptors (Lipinski definition) is 5. The predicted molar refractivity (Wildman–Crippen MR) is 126 cm³/mol. The largest absolute Gasteiger partial charge is 0.493 e. The van der Waals surface area contributed by atoms with Gasteiger partial charge in [0.05, 0.1) is 17.7 Å². The third-order valence-electron chi connectivity index (χ3n) is 4.53. The van der Waals surface area contributed by atoms with Crippen molar-refractivity contribution in [3.05, 3.63) is 94.9 Å². The fraction of sp³-hybridized carbons (Fsp3) is 0.0833. The Bertz CT molecular complexity index is 1100. The Kier molecular flexibility index (Phi) is 6.16. The molecule has 0 spiro atoms. The first-order valence-corrected chi connectivity index (χ1v) is 10.6. The molecule has 0 atom stereocenters. The number of carbonyl (C=O) groups is 1. The zero-order chi connectivity index (χ0) is 20.9. The van der Waals surface area contributed by atoms with Gasteiger partial charge in [-0.25, -0.2) is 0 Å². The fourth-order valence-corrected chi connectivity index (χ4v) is 4.35. The van der Waals surface area contributed by atoms with E-state index in [9.17, 15) is 4.79 Å². The molecule has 3 aromatic rings. The van der Waals surface area contributed by atoms with Crippen molar-refractivity contribution in [3.63, 3.8) is 0 Å². The van der Waals surface area contributed by atoms with Gasteiger partial charge in [-0.3, -0.25) is 9.69 Å². The highest BCUT2D eigenvalue weighted by molar-refractivity contribution is 8.27. The summed E-state index contributed by atoms with van der Waals surface area (Å²) in [5, 5.41) is 0. The van der Waals surface area contributed by atoms with Crippen molar-refractivity contribution >= 4 is 46.0 Å². The van der Waals surface area contributed by atoms with Gasteiger partial charge in [0.15, 0.2) is 15.8 Å². The van der Waals surface area contributed by atoms with Crippen LogP contribution in [0.15, 0.2) is 83.8 Å². The Hall–Kier alpha value is -3.09. The van der Waals surface area contributed by atoms with Crippen LogP contribution in [-0.2, 0) is 11.4 Å². The number of nitrogens with zero attached hydrogens (tertiary/aromatic N) is 1. The van der Waals surface area contributed by atoms with E-state index in [1.54, 1.807) is 12.0 Å². The molecule has 1 amide bonds. The molecule has 30 heavy (non-hydrogen) atoms. The third-order valence-corrected chi connectivity index (χ3v) is 5.83. The molecule has 0 saturated carbocycles. The van der Waals surface area contributed by atoms with Crippen LogP contribution in [0.2, 0.25) is 0 Å². The van der Waals surface area contributed by atoms with Crippen LogP contribution in [-0.4, -0.2) is 17.3 Å². The molecule has 3 aromatic carbocycles. The van der Waals surface area contributed by atoms with Gasteiger partial charge in [0.25, 0.3) is 5.91 Å². The minimum atomic E-state index is -0.126. The number of rotatable bonds is 6. The zero-order valence-corrected chi connectivity index (χ0v) is 17.9. The average molecular weight is 434 g/mol. The van der Waals surface area contributed by atoms with Crippen LogP contribution < -0.4 is 14.4 Å². The van der Waals surface area contributed by atoms with E-state index >= 15 is 0 Å². The quantitative estimate of drug-likeness (QED) is 0.369. The second kappa shape index (κ2) is 9.15. The van der Waals surface area contributed by atoms with E-state index < -0.39 is 0 Å². The monoisotopic (exact) mass is 433 g/mol. The minimum absolute atomic E-state index is 0.126.